The topological polar surface area (TPSA) is 37.3 Å². The molecule has 0 saturated carbocycles. The number of rotatable bonds is 2. The molecule has 12 heavy (non-hydrogen) atoms. The first kappa shape index (κ1) is 9.20. The quantitative estimate of drug-likeness (QED) is 0.630. The third kappa shape index (κ3) is 1.83. The lowest BCUT2D eigenvalue weighted by Gasteiger charge is -2.19. The van der Waals surface area contributed by atoms with Gasteiger partial charge in [-0.25, -0.2) is 0 Å². The summed E-state index contributed by atoms with van der Waals surface area (Å²) in [6.45, 7) is 5.65. The van der Waals surface area contributed by atoms with Crippen molar-refractivity contribution in [3.8, 4) is 0 Å². The molecule has 0 aliphatic heterocycles. The van der Waals surface area contributed by atoms with Gasteiger partial charge in [0.25, 0.3) is 0 Å². The SMILES string of the molecule is C=C(C)C1CCC(CO)=CC1=O. The largest absolute Gasteiger partial charge is 0.392 e. The van der Waals surface area contributed by atoms with E-state index < -0.39 is 0 Å². The van der Waals surface area contributed by atoms with Crippen LogP contribution in [-0.2, 0) is 4.79 Å². The molecule has 0 spiro atoms. The highest BCUT2D eigenvalue weighted by atomic mass is 16.3. The van der Waals surface area contributed by atoms with E-state index in [0.717, 1.165) is 24.0 Å². The molecule has 0 saturated heterocycles. The van der Waals surface area contributed by atoms with E-state index in [1.165, 1.54) is 0 Å². The lowest BCUT2D eigenvalue weighted by molar-refractivity contribution is -0.117. The van der Waals surface area contributed by atoms with E-state index in [1.54, 1.807) is 6.08 Å². The van der Waals surface area contributed by atoms with E-state index in [9.17, 15) is 4.79 Å². The van der Waals surface area contributed by atoms with E-state index in [0.29, 0.717) is 0 Å². The minimum Gasteiger partial charge on any atom is -0.392 e. The average molecular weight is 166 g/mol. The zero-order valence-corrected chi connectivity index (χ0v) is 7.34. The van der Waals surface area contributed by atoms with Gasteiger partial charge in [0.15, 0.2) is 5.78 Å². The number of aliphatic hydroxyl groups excluding tert-OH is 1. The predicted molar refractivity (Wildman–Crippen MR) is 47.7 cm³/mol. The summed E-state index contributed by atoms with van der Waals surface area (Å²) >= 11 is 0. The summed E-state index contributed by atoms with van der Waals surface area (Å²) in [6.07, 6.45) is 3.18. The first-order valence-electron chi connectivity index (χ1n) is 4.14. The molecule has 0 amide bonds. The normalized spacial score (nSPS) is 23.7. The molecular formula is C10H14O2. The summed E-state index contributed by atoms with van der Waals surface area (Å²) < 4.78 is 0. The van der Waals surface area contributed by atoms with E-state index in [1.807, 2.05) is 6.92 Å². The van der Waals surface area contributed by atoms with Gasteiger partial charge in [0.2, 0.25) is 0 Å². The maximum absolute atomic E-state index is 11.4. The van der Waals surface area contributed by atoms with Crippen LogP contribution in [0.2, 0.25) is 0 Å². The predicted octanol–water partition coefficient (Wildman–Crippen LogP) is 1.46. The molecule has 0 aromatic carbocycles. The van der Waals surface area contributed by atoms with E-state index in [2.05, 4.69) is 6.58 Å². The summed E-state index contributed by atoms with van der Waals surface area (Å²) in [6, 6.07) is 0. The maximum Gasteiger partial charge on any atom is 0.162 e. The number of ketones is 1. The van der Waals surface area contributed by atoms with E-state index in [-0.39, 0.29) is 18.3 Å². The number of hydrogen-bond donors (Lipinski definition) is 1. The maximum atomic E-state index is 11.4. The van der Waals surface area contributed by atoms with Gasteiger partial charge >= 0.3 is 0 Å². The highest BCUT2D eigenvalue weighted by Crippen LogP contribution is 2.25. The Labute approximate surface area is 72.6 Å². The summed E-state index contributed by atoms with van der Waals surface area (Å²) in [5, 5.41) is 8.79. The lowest BCUT2D eigenvalue weighted by atomic mass is 9.85. The zero-order chi connectivity index (χ0) is 9.14. The molecule has 1 N–H and O–H groups in total. The number of aliphatic hydroxyl groups is 1. The van der Waals surface area contributed by atoms with Gasteiger partial charge in [0.1, 0.15) is 0 Å². The Balaban J connectivity index is 2.73. The molecule has 66 valence electrons. The molecule has 0 fully saturated rings. The monoisotopic (exact) mass is 166 g/mol. The second-order valence-electron chi connectivity index (χ2n) is 3.30. The van der Waals surface area contributed by atoms with Crippen LogP contribution >= 0.6 is 0 Å². The molecular weight excluding hydrogens is 152 g/mol. The van der Waals surface area contributed by atoms with Gasteiger partial charge in [-0.1, -0.05) is 12.2 Å². The van der Waals surface area contributed by atoms with Crippen molar-refractivity contribution < 1.29 is 9.90 Å². The lowest BCUT2D eigenvalue weighted by Crippen LogP contribution is -2.19. The zero-order valence-electron chi connectivity index (χ0n) is 7.34. The van der Waals surface area contributed by atoms with Crippen LogP contribution in [-0.4, -0.2) is 17.5 Å². The Morgan fingerprint density at radius 2 is 2.50 bits per heavy atom. The van der Waals surface area contributed by atoms with Gasteiger partial charge in [0, 0.05) is 5.92 Å². The fraction of sp³-hybridized carbons (Fsp3) is 0.500. The Morgan fingerprint density at radius 3 is 2.92 bits per heavy atom. The third-order valence-electron chi connectivity index (χ3n) is 2.24. The van der Waals surface area contributed by atoms with Crippen LogP contribution in [0.3, 0.4) is 0 Å². The van der Waals surface area contributed by atoms with E-state index >= 15 is 0 Å². The van der Waals surface area contributed by atoms with Crippen LogP contribution < -0.4 is 0 Å². The fourth-order valence-electron chi connectivity index (χ4n) is 1.46. The van der Waals surface area contributed by atoms with Crippen molar-refractivity contribution in [2.75, 3.05) is 6.61 Å². The second-order valence-corrected chi connectivity index (χ2v) is 3.30. The van der Waals surface area contributed by atoms with Gasteiger partial charge in [-0.3, -0.25) is 4.79 Å². The average Bonchev–Trinajstić information content (AvgIpc) is 2.03. The molecule has 2 nitrogen and oxygen atoms in total. The van der Waals surface area contributed by atoms with Crippen molar-refractivity contribution >= 4 is 5.78 Å². The molecule has 2 heteroatoms. The summed E-state index contributed by atoms with van der Waals surface area (Å²) in [5.41, 5.74) is 1.77. The molecule has 0 aromatic heterocycles. The van der Waals surface area contributed by atoms with Crippen LogP contribution in [0.1, 0.15) is 19.8 Å². The smallest absolute Gasteiger partial charge is 0.162 e. The van der Waals surface area contributed by atoms with Gasteiger partial charge < -0.3 is 5.11 Å². The molecule has 0 bridgehead atoms. The molecule has 0 aromatic rings. The van der Waals surface area contributed by atoms with Gasteiger partial charge in [-0.2, -0.15) is 0 Å². The number of carbonyl (C=O) groups excluding carboxylic acids is 1. The van der Waals surface area contributed by atoms with Crippen molar-refractivity contribution in [2.45, 2.75) is 19.8 Å². The van der Waals surface area contributed by atoms with Gasteiger partial charge in [-0.15, -0.1) is 0 Å². The minimum absolute atomic E-state index is 0.00858. The fourth-order valence-corrected chi connectivity index (χ4v) is 1.46. The molecule has 1 aliphatic rings. The van der Waals surface area contributed by atoms with Crippen molar-refractivity contribution in [1.82, 2.24) is 0 Å². The standard InChI is InChI=1S/C10H14O2/c1-7(2)9-4-3-8(6-11)5-10(9)12/h5,9,11H,1,3-4,6H2,2H3. The first-order valence-corrected chi connectivity index (χ1v) is 4.14. The highest BCUT2D eigenvalue weighted by Gasteiger charge is 2.21. The van der Waals surface area contributed by atoms with Gasteiger partial charge in [0.05, 0.1) is 6.61 Å². The molecule has 0 radical (unpaired) electrons. The molecule has 1 aliphatic carbocycles. The van der Waals surface area contributed by atoms with Crippen molar-refractivity contribution in [3.05, 3.63) is 23.8 Å². The van der Waals surface area contributed by atoms with Gasteiger partial charge in [-0.05, 0) is 31.4 Å². The first-order chi connectivity index (χ1) is 5.65. The van der Waals surface area contributed by atoms with Crippen LogP contribution in [0.15, 0.2) is 23.8 Å². The number of hydrogen-bond acceptors (Lipinski definition) is 2. The Hall–Kier alpha value is -0.890. The second kappa shape index (κ2) is 3.68. The Morgan fingerprint density at radius 1 is 1.83 bits per heavy atom. The van der Waals surface area contributed by atoms with Crippen LogP contribution in [0, 0.1) is 5.92 Å². The molecule has 1 unspecified atom stereocenters. The summed E-state index contributed by atoms with van der Waals surface area (Å²) in [5.74, 6) is 0.0816. The molecule has 0 heterocycles. The highest BCUT2D eigenvalue weighted by molar-refractivity contribution is 5.95. The minimum atomic E-state index is -0.0136. The van der Waals surface area contributed by atoms with Crippen molar-refractivity contribution in [3.63, 3.8) is 0 Å². The molecule has 1 rings (SSSR count). The molecule has 1 atom stereocenters. The van der Waals surface area contributed by atoms with Crippen LogP contribution in [0.25, 0.3) is 0 Å². The van der Waals surface area contributed by atoms with Crippen LogP contribution in [0.4, 0.5) is 0 Å². The number of carbonyl (C=O) groups is 1. The van der Waals surface area contributed by atoms with E-state index in [4.69, 9.17) is 5.11 Å². The van der Waals surface area contributed by atoms with Crippen LogP contribution in [0.5, 0.6) is 0 Å². The third-order valence-corrected chi connectivity index (χ3v) is 2.24. The number of allylic oxidation sites excluding steroid dienone is 2. The van der Waals surface area contributed by atoms with Crippen molar-refractivity contribution in [2.24, 2.45) is 5.92 Å². The summed E-state index contributed by atoms with van der Waals surface area (Å²) in [4.78, 5) is 11.4. The van der Waals surface area contributed by atoms with Crippen molar-refractivity contribution in [1.29, 1.82) is 0 Å². The Bertz CT molecular complexity index is 238. The summed E-state index contributed by atoms with van der Waals surface area (Å²) in [7, 11) is 0. The Kier molecular flexibility index (Phi) is 2.82.